The second kappa shape index (κ2) is 5.73. The Labute approximate surface area is 129 Å². The highest BCUT2D eigenvalue weighted by molar-refractivity contribution is 7.92. The predicted molar refractivity (Wildman–Crippen MR) is 83.7 cm³/mol. The number of nitrogens with zero attached hydrogens (tertiary/aromatic N) is 1. The minimum absolute atomic E-state index is 0.145. The Hall–Kier alpha value is -2.47. The third-order valence-corrected chi connectivity index (χ3v) is 5.08. The van der Waals surface area contributed by atoms with Gasteiger partial charge in [0.25, 0.3) is 10.0 Å². The molecule has 0 unspecified atom stereocenters. The van der Waals surface area contributed by atoms with E-state index >= 15 is 0 Å². The molecule has 2 aromatic rings. The molecule has 114 valence electrons. The fraction of sp³-hybridized carbons (Fsp3) is 0.125. The van der Waals surface area contributed by atoms with E-state index in [2.05, 4.69) is 6.58 Å². The number of rotatable bonds is 5. The number of hydrogen-bond acceptors (Lipinski definition) is 4. The molecule has 22 heavy (non-hydrogen) atoms. The van der Waals surface area contributed by atoms with Crippen molar-refractivity contribution in [3.05, 3.63) is 61.2 Å². The zero-order valence-corrected chi connectivity index (χ0v) is 12.6. The molecule has 1 aliphatic rings. The molecule has 0 radical (unpaired) electrons. The van der Waals surface area contributed by atoms with Crippen LogP contribution >= 0.6 is 0 Å². The van der Waals surface area contributed by atoms with Crippen LogP contribution in [0.5, 0.6) is 11.5 Å². The van der Waals surface area contributed by atoms with Crippen molar-refractivity contribution in [2.24, 2.45) is 0 Å². The summed E-state index contributed by atoms with van der Waals surface area (Å²) in [5.74, 6) is 1.15. The van der Waals surface area contributed by atoms with Gasteiger partial charge in [0, 0.05) is 6.07 Å². The number of ether oxygens (including phenoxy) is 2. The van der Waals surface area contributed by atoms with E-state index < -0.39 is 10.0 Å². The Morgan fingerprint density at radius 1 is 1.09 bits per heavy atom. The van der Waals surface area contributed by atoms with E-state index in [1.165, 1.54) is 4.31 Å². The van der Waals surface area contributed by atoms with Crippen LogP contribution in [0.4, 0.5) is 5.69 Å². The maximum Gasteiger partial charge on any atom is 0.264 e. The van der Waals surface area contributed by atoms with Crippen LogP contribution in [0.25, 0.3) is 0 Å². The Bertz CT molecular complexity index is 787. The van der Waals surface area contributed by atoms with Crippen molar-refractivity contribution in [3.8, 4) is 11.5 Å². The molecule has 3 rings (SSSR count). The largest absolute Gasteiger partial charge is 0.454 e. The molecular formula is C16H15NO4S. The van der Waals surface area contributed by atoms with Crippen LogP contribution in [-0.2, 0) is 10.0 Å². The summed E-state index contributed by atoms with van der Waals surface area (Å²) in [7, 11) is -3.67. The fourth-order valence-electron chi connectivity index (χ4n) is 2.22. The van der Waals surface area contributed by atoms with Gasteiger partial charge in [-0.2, -0.15) is 0 Å². The van der Waals surface area contributed by atoms with Gasteiger partial charge in [-0.25, -0.2) is 8.42 Å². The van der Waals surface area contributed by atoms with Crippen LogP contribution in [0, 0.1) is 0 Å². The number of benzene rings is 2. The quantitative estimate of drug-likeness (QED) is 0.796. The summed E-state index contributed by atoms with van der Waals surface area (Å²) in [6, 6.07) is 13.4. The summed E-state index contributed by atoms with van der Waals surface area (Å²) >= 11 is 0. The van der Waals surface area contributed by atoms with Crippen LogP contribution in [0.3, 0.4) is 0 Å². The molecule has 0 fully saturated rings. The van der Waals surface area contributed by atoms with Gasteiger partial charge in [0.1, 0.15) is 0 Å². The summed E-state index contributed by atoms with van der Waals surface area (Å²) in [6.45, 7) is 3.95. The summed E-state index contributed by atoms with van der Waals surface area (Å²) in [5.41, 5.74) is 0.507. The molecule has 0 bridgehead atoms. The Morgan fingerprint density at radius 3 is 2.55 bits per heavy atom. The molecule has 0 aromatic heterocycles. The molecule has 0 amide bonds. The van der Waals surface area contributed by atoms with Crippen LogP contribution in [-0.4, -0.2) is 21.8 Å². The van der Waals surface area contributed by atoms with Gasteiger partial charge in [-0.1, -0.05) is 24.3 Å². The van der Waals surface area contributed by atoms with Gasteiger partial charge in [-0.15, -0.1) is 6.58 Å². The monoisotopic (exact) mass is 317 g/mol. The van der Waals surface area contributed by atoms with Crippen LogP contribution in [0.15, 0.2) is 66.1 Å². The van der Waals surface area contributed by atoms with Crippen molar-refractivity contribution < 1.29 is 17.9 Å². The zero-order chi connectivity index (χ0) is 15.6. The third kappa shape index (κ3) is 2.53. The van der Waals surface area contributed by atoms with Crippen molar-refractivity contribution >= 4 is 15.7 Å². The fourth-order valence-corrected chi connectivity index (χ4v) is 3.67. The van der Waals surface area contributed by atoms with Crippen LogP contribution in [0.1, 0.15) is 0 Å². The average molecular weight is 317 g/mol. The average Bonchev–Trinajstić information content (AvgIpc) is 3.00. The summed E-state index contributed by atoms with van der Waals surface area (Å²) in [5, 5.41) is 0. The highest BCUT2D eigenvalue weighted by atomic mass is 32.2. The van der Waals surface area contributed by atoms with E-state index in [1.807, 2.05) is 0 Å². The van der Waals surface area contributed by atoms with Gasteiger partial charge < -0.3 is 9.47 Å². The van der Waals surface area contributed by atoms with Crippen LogP contribution < -0.4 is 13.8 Å². The van der Waals surface area contributed by atoms with Crippen LogP contribution in [0.2, 0.25) is 0 Å². The lowest BCUT2D eigenvalue weighted by Crippen LogP contribution is -2.31. The molecule has 1 heterocycles. The Kier molecular flexibility index (Phi) is 3.77. The smallest absolute Gasteiger partial charge is 0.264 e. The van der Waals surface area contributed by atoms with Crippen molar-refractivity contribution in [1.82, 2.24) is 0 Å². The number of hydrogen-bond donors (Lipinski definition) is 0. The van der Waals surface area contributed by atoms with E-state index in [-0.39, 0.29) is 18.2 Å². The Morgan fingerprint density at radius 2 is 1.82 bits per heavy atom. The molecule has 1 aliphatic heterocycles. The van der Waals surface area contributed by atoms with Gasteiger partial charge >= 0.3 is 0 Å². The predicted octanol–water partition coefficient (Wildman–Crippen LogP) is 2.80. The van der Waals surface area contributed by atoms with Gasteiger partial charge in [-0.3, -0.25) is 4.31 Å². The van der Waals surface area contributed by atoms with Gasteiger partial charge in [0.15, 0.2) is 11.5 Å². The van der Waals surface area contributed by atoms with Gasteiger partial charge in [0.05, 0.1) is 17.1 Å². The van der Waals surface area contributed by atoms with Crippen molar-refractivity contribution in [2.45, 2.75) is 4.90 Å². The summed E-state index contributed by atoms with van der Waals surface area (Å²) in [6.07, 6.45) is 1.55. The molecule has 5 nitrogen and oxygen atoms in total. The van der Waals surface area contributed by atoms with Crippen molar-refractivity contribution in [3.63, 3.8) is 0 Å². The zero-order valence-electron chi connectivity index (χ0n) is 11.8. The molecule has 0 spiro atoms. The topological polar surface area (TPSA) is 55.8 Å². The minimum Gasteiger partial charge on any atom is -0.454 e. The first-order valence-corrected chi connectivity index (χ1v) is 8.15. The molecule has 0 aliphatic carbocycles. The number of anilines is 1. The lowest BCUT2D eigenvalue weighted by Gasteiger charge is -2.23. The number of sulfonamides is 1. The molecule has 6 heteroatoms. The maximum atomic E-state index is 12.8. The van der Waals surface area contributed by atoms with E-state index in [0.717, 1.165) is 0 Å². The van der Waals surface area contributed by atoms with E-state index in [9.17, 15) is 8.42 Å². The summed E-state index contributed by atoms with van der Waals surface area (Å²) in [4.78, 5) is 0.231. The van der Waals surface area contributed by atoms with E-state index in [4.69, 9.17) is 9.47 Å². The first-order chi connectivity index (χ1) is 10.6. The maximum absolute atomic E-state index is 12.8. The van der Waals surface area contributed by atoms with E-state index in [0.29, 0.717) is 17.2 Å². The molecule has 0 saturated carbocycles. The second-order valence-corrected chi connectivity index (χ2v) is 6.54. The van der Waals surface area contributed by atoms with Crippen molar-refractivity contribution in [2.75, 3.05) is 17.6 Å². The van der Waals surface area contributed by atoms with Gasteiger partial charge in [-0.05, 0) is 24.3 Å². The Balaban J connectivity index is 2.05. The second-order valence-electron chi connectivity index (χ2n) is 4.68. The number of fused-ring (bicyclic) bond motifs is 1. The lowest BCUT2D eigenvalue weighted by molar-refractivity contribution is 0.174. The molecule has 0 N–H and O–H groups in total. The first-order valence-electron chi connectivity index (χ1n) is 6.71. The minimum atomic E-state index is -3.67. The van der Waals surface area contributed by atoms with Crippen molar-refractivity contribution in [1.29, 1.82) is 0 Å². The normalized spacial score (nSPS) is 12.9. The highest BCUT2D eigenvalue weighted by Gasteiger charge is 2.25. The molecular weight excluding hydrogens is 302 g/mol. The first kappa shape index (κ1) is 14.5. The highest BCUT2D eigenvalue weighted by Crippen LogP contribution is 2.36. The molecule has 2 aromatic carbocycles. The standard InChI is InChI=1S/C16H15NO4S/c1-2-10-17(22(18,19)14-6-4-3-5-7-14)13-8-9-15-16(11-13)21-12-20-15/h2-9,11H,1,10,12H2. The molecule has 0 saturated heterocycles. The summed E-state index contributed by atoms with van der Waals surface area (Å²) < 4.78 is 37.5. The third-order valence-electron chi connectivity index (χ3n) is 3.27. The van der Waals surface area contributed by atoms with Gasteiger partial charge in [0.2, 0.25) is 6.79 Å². The SMILES string of the molecule is C=CCN(c1ccc2c(c1)OCO2)S(=O)(=O)c1ccccc1. The molecule has 0 atom stereocenters. The lowest BCUT2D eigenvalue weighted by atomic mass is 10.3. The van der Waals surface area contributed by atoms with E-state index in [1.54, 1.807) is 54.6 Å².